The zero-order valence-corrected chi connectivity index (χ0v) is 11.8. The second-order valence-electron chi connectivity index (χ2n) is 5.23. The number of benzene rings is 1. The van der Waals surface area contributed by atoms with Crippen LogP contribution in [0.25, 0.3) is 0 Å². The number of hydrogen-bond donors (Lipinski definition) is 1. The van der Waals surface area contributed by atoms with Gasteiger partial charge >= 0.3 is 0 Å². The highest BCUT2D eigenvalue weighted by Crippen LogP contribution is 2.35. The molecule has 1 aromatic rings. The minimum absolute atomic E-state index is 0.0386. The second kappa shape index (κ2) is 6.24. The van der Waals surface area contributed by atoms with Gasteiger partial charge in [-0.15, -0.1) is 0 Å². The number of piperidine rings is 1. The van der Waals surface area contributed by atoms with E-state index in [9.17, 15) is 4.39 Å². The molecule has 106 valence electrons. The molecule has 1 aliphatic heterocycles. The Bertz CT molecular complexity index is 428. The van der Waals surface area contributed by atoms with Crippen molar-refractivity contribution in [2.75, 3.05) is 20.2 Å². The van der Waals surface area contributed by atoms with Gasteiger partial charge in [-0.05, 0) is 50.8 Å². The summed E-state index contributed by atoms with van der Waals surface area (Å²) in [6.45, 7) is 5.74. The van der Waals surface area contributed by atoms with Crippen molar-refractivity contribution in [2.24, 2.45) is 0 Å². The Morgan fingerprint density at radius 1 is 1.32 bits per heavy atom. The van der Waals surface area contributed by atoms with E-state index in [1.807, 2.05) is 13.8 Å². The van der Waals surface area contributed by atoms with Gasteiger partial charge in [-0.1, -0.05) is 0 Å². The number of methoxy groups -OCH3 is 1. The molecule has 4 heteroatoms. The monoisotopic (exact) mass is 267 g/mol. The summed E-state index contributed by atoms with van der Waals surface area (Å²) in [5, 5.41) is 3.31. The quantitative estimate of drug-likeness (QED) is 0.909. The number of halogens is 1. The third-order valence-corrected chi connectivity index (χ3v) is 3.38. The van der Waals surface area contributed by atoms with Gasteiger partial charge < -0.3 is 14.8 Å². The molecule has 0 spiro atoms. The van der Waals surface area contributed by atoms with Crippen molar-refractivity contribution in [3.8, 4) is 11.5 Å². The highest BCUT2D eigenvalue weighted by Gasteiger charge is 2.21. The molecule has 1 fully saturated rings. The molecule has 0 radical (unpaired) electrons. The summed E-state index contributed by atoms with van der Waals surface area (Å²) in [6, 6.07) is 3.23. The Morgan fingerprint density at radius 3 is 2.68 bits per heavy atom. The average Bonchev–Trinajstić information content (AvgIpc) is 2.40. The standard InChI is InChI=1S/C15H22FNO2/c1-10(2)19-15-7-12(11-5-4-6-17-9-11)13(16)8-14(15)18-3/h7-8,10-11,17H,4-6,9H2,1-3H3. The van der Waals surface area contributed by atoms with Gasteiger partial charge in [0.2, 0.25) is 0 Å². The maximum atomic E-state index is 14.2. The van der Waals surface area contributed by atoms with Crippen LogP contribution >= 0.6 is 0 Å². The molecule has 1 atom stereocenters. The van der Waals surface area contributed by atoms with E-state index in [0.29, 0.717) is 11.5 Å². The molecular weight excluding hydrogens is 245 g/mol. The fraction of sp³-hybridized carbons (Fsp3) is 0.600. The highest BCUT2D eigenvalue weighted by molar-refractivity contribution is 5.45. The van der Waals surface area contributed by atoms with E-state index in [1.165, 1.54) is 13.2 Å². The molecule has 1 heterocycles. The first-order valence-electron chi connectivity index (χ1n) is 6.86. The Morgan fingerprint density at radius 2 is 2.11 bits per heavy atom. The minimum atomic E-state index is -0.207. The fourth-order valence-corrected chi connectivity index (χ4v) is 2.49. The molecular formula is C15H22FNO2. The summed E-state index contributed by atoms with van der Waals surface area (Å²) in [7, 11) is 1.53. The molecule has 3 nitrogen and oxygen atoms in total. The third kappa shape index (κ3) is 3.38. The van der Waals surface area contributed by atoms with Gasteiger partial charge in [0, 0.05) is 12.6 Å². The first-order chi connectivity index (χ1) is 9.11. The van der Waals surface area contributed by atoms with Gasteiger partial charge in [0.25, 0.3) is 0 Å². The van der Waals surface area contributed by atoms with Crippen LogP contribution in [0.3, 0.4) is 0 Å². The van der Waals surface area contributed by atoms with Crippen LogP contribution in [0.2, 0.25) is 0 Å². The summed E-state index contributed by atoms with van der Waals surface area (Å²) in [5.74, 6) is 1.09. The van der Waals surface area contributed by atoms with E-state index in [1.54, 1.807) is 6.07 Å². The van der Waals surface area contributed by atoms with Crippen molar-refractivity contribution in [1.82, 2.24) is 5.32 Å². The molecule has 1 aromatic carbocycles. The van der Waals surface area contributed by atoms with Crippen molar-refractivity contribution in [2.45, 2.75) is 38.7 Å². The van der Waals surface area contributed by atoms with Gasteiger partial charge in [-0.25, -0.2) is 4.39 Å². The molecule has 2 rings (SSSR count). The van der Waals surface area contributed by atoms with Crippen LogP contribution in [-0.4, -0.2) is 26.3 Å². The number of hydrogen-bond acceptors (Lipinski definition) is 3. The summed E-state index contributed by atoms with van der Waals surface area (Å²) in [6.07, 6.45) is 2.13. The molecule has 1 aliphatic rings. The van der Waals surface area contributed by atoms with E-state index >= 15 is 0 Å². The van der Waals surface area contributed by atoms with Crippen molar-refractivity contribution in [1.29, 1.82) is 0 Å². The molecule has 0 aliphatic carbocycles. The summed E-state index contributed by atoms with van der Waals surface area (Å²) in [4.78, 5) is 0. The largest absolute Gasteiger partial charge is 0.493 e. The summed E-state index contributed by atoms with van der Waals surface area (Å²) in [5.41, 5.74) is 0.726. The second-order valence-corrected chi connectivity index (χ2v) is 5.23. The molecule has 0 aromatic heterocycles. The predicted octanol–water partition coefficient (Wildman–Crippen LogP) is 3.09. The van der Waals surface area contributed by atoms with E-state index in [-0.39, 0.29) is 17.8 Å². The maximum absolute atomic E-state index is 14.2. The Kier molecular flexibility index (Phi) is 4.64. The lowest BCUT2D eigenvalue weighted by atomic mass is 9.91. The van der Waals surface area contributed by atoms with Gasteiger partial charge in [-0.2, -0.15) is 0 Å². The number of rotatable bonds is 4. The molecule has 1 N–H and O–H groups in total. The molecule has 0 bridgehead atoms. The number of nitrogens with one attached hydrogen (secondary N) is 1. The van der Waals surface area contributed by atoms with Crippen LogP contribution in [0.5, 0.6) is 11.5 Å². The van der Waals surface area contributed by atoms with Crippen LogP contribution < -0.4 is 14.8 Å². The molecule has 19 heavy (non-hydrogen) atoms. The van der Waals surface area contributed by atoms with Gasteiger partial charge in [0.1, 0.15) is 5.82 Å². The fourth-order valence-electron chi connectivity index (χ4n) is 2.49. The van der Waals surface area contributed by atoms with Gasteiger partial charge in [0.05, 0.1) is 13.2 Å². The minimum Gasteiger partial charge on any atom is -0.493 e. The molecule has 0 saturated carbocycles. The smallest absolute Gasteiger partial charge is 0.163 e. The first-order valence-corrected chi connectivity index (χ1v) is 6.86. The van der Waals surface area contributed by atoms with Crippen LogP contribution in [0.4, 0.5) is 4.39 Å². The lowest BCUT2D eigenvalue weighted by Crippen LogP contribution is -2.28. The van der Waals surface area contributed by atoms with Crippen LogP contribution in [0.15, 0.2) is 12.1 Å². The lowest BCUT2D eigenvalue weighted by Gasteiger charge is -2.25. The zero-order valence-electron chi connectivity index (χ0n) is 11.8. The van der Waals surface area contributed by atoms with E-state index < -0.39 is 0 Å². The van der Waals surface area contributed by atoms with Crippen molar-refractivity contribution in [3.05, 3.63) is 23.5 Å². The highest BCUT2D eigenvalue weighted by atomic mass is 19.1. The van der Waals surface area contributed by atoms with E-state index in [4.69, 9.17) is 9.47 Å². The van der Waals surface area contributed by atoms with Crippen molar-refractivity contribution in [3.63, 3.8) is 0 Å². The Hall–Kier alpha value is -1.29. The summed E-state index contributed by atoms with van der Waals surface area (Å²) >= 11 is 0. The molecule has 1 saturated heterocycles. The van der Waals surface area contributed by atoms with E-state index in [0.717, 1.165) is 31.5 Å². The van der Waals surface area contributed by atoms with Crippen LogP contribution in [-0.2, 0) is 0 Å². The topological polar surface area (TPSA) is 30.5 Å². The summed E-state index contributed by atoms with van der Waals surface area (Å²) < 4.78 is 25.1. The maximum Gasteiger partial charge on any atom is 0.163 e. The Labute approximate surface area is 114 Å². The van der Waals surface area contributed by atoms with Crippen molar-refractivity contribution < 1.29 is 13.9 Å². The van der Waals surface area contributed by atoms with Crippen LogP contribution in [0, 0.1) is 5.82 Å². The van der Waals surface area contributed by atoms with Crippen molar-refractivity contribution >= 4 is 0 Å². The SMILES string of the molecule is COc1cc(F)c(C2CCCNC2)cc1OC(C)C. The first kappa shape index (κ1) is 14.1. The van der Waals surface area contributed by atoms with E-state index in [2.05, 4.69) is 5.32 Å². The van der Waals surface area contributed by atoms with Gasteiger partial charge in [0.15, 0.2) is 11.5 Å². The normalized spacial score (nSPS) is 19.5. The average molecular weight is 267 g/mol. The molecule has 1 unspecified atom stereocenters. The third-order valence-electron chi connectivity index (χ3n) is 3.38. The van der Waals surface area contributed by atoms with Gasteiger partial charge in [-0.3, -0.25) is 0 Å². The van der Waals surface area contributed by atoms with Crippen LogP contribution in [0.1, 0.15) is 38.2 Å². The molecule has 0 amide bonds. The number of ether oxygens (including phenoxy) is 2. The zero-order chi connectivity index (χ0) is 13.8. The lowest BCUT2D eigenvalue weighted by molar-refractivity contribution is 0.229. The Balaban J connectivity index is 2.31. The predicted molar refractivity (Wildman–Crippen MR) is 73.6 cm³/mol.